The summed E-state index contributed by atoms with van der Waals surface area (Å²) in [6.07, 6.45) is 0.489. The molecule has 1 aromatic rings. The number of aryl methyl sites for hydroxylation is 1. The molecule has 2 atom stereocenters. The quantitative estimate of drug-likeness (QED) is 0.590. The molecule has 2 unspecified atom stereocenters. The number of aromatic nitrogens is 4. The fourth-order valence-corrected chi connectivity index (χ4v) is 2.58. The molecule has 0 fully saturated rings. The number of esters is 1. The van der Waals surface area contributed by atoms with Crippen LogP contribution in [0.5, 0.6) is 0 Å². The van der Waals surface area contributed by atoms with Crippen LogP contribution in [-0.2, 0) is 16.6 Å². The summed E-state index contributed by atoms with van der Waals surface area (Å²) in [4.78, 5) is 11.7. The first kappa shape index (κ1) is 14.9. The Balaban J connectivity index is 2.56. The molecule has 0 aromatic carbocycles. The maximum Gasteiger partial charge on any atom is 0.325 e. The van der Waals surface area contributed by atoms with E-state index in [0.29, 0.717) is 18.2 Å². The second-order valence-electron chi connectivity index (χ2n) is 4.36. The van der Waals surface area contributed by atoms with E-state index < -0.39 is 5.54 Å². The summed E-state index contributed by atoms with van der Waals surface area (Å²) in [7, 11) is 1.77. The molecule has 0 bridgehead atoms. The van der Waals surface area contributed by atoms with E-state index in [1.807, 2.05) is 6.92 Å². The van der Waals surface area contributed by atoms with E-state index in [-0.39, 0.29) is 11.2 Å². The molecule has 0 amide bonds. The average molecular weight is 273 g/mol. The normalized spacial score (nSPS) is 16.1. The second kappa shape index (κ2) is 6.14. The molecule has 18 heavy (non-hydrogen) atoms. The van der Waals surface area contributed by atoms with Gasteiger partial charge in [0.15, 0.2) is 0 Å². The summed E-state index contributed by atoms with van der Waals surface area (Å²) in [5.41, 5.74) is 4.98. The largest absolute Gasteiger partial charge is 0.465 e. The van der Waals surface area contributed by atoms with Gasteiger partial charge in [-0.25, -0.2) is 4.68 Å². The monoisotopic (exact) mass is 273 g/mol. The van der Waals surface area contributed by atoms with Gasteiger partial charge in [0.25, 0.3) is 0 Å². The first-order chi connectivity index (χ1) is 8.36. The van der Waals surface area contributed by atoms with Crippen LogP contribution in [0.3, 0.4) is 0 Å². The maximum atomic E-state index is 11.7. The molecule has 7 nitrogen and oxygen atoms in total. The van der Waals surface area contributed by atoms with Crippen molar-refractivity contribution in [1.82, 2.24) is 20.2 Å². The van der Waals surface area contributed by atoms with Gasteiger partial charge in [0.1, 0.15) is 5.54 Å². The molecular formula is C10H19N5O2S. The maximum absolute atomic E-state index is 11.7. The molecule has 1 heterocycles. The van der Waals surface area contributed by atoms with E-state index in [1.54, 1.807) is 25.6 Å². The lowest BCUT2D eigenvalue weighted by atomic mass is 9.98. The van der Waals surface area contributed by atoms with Crippen molar-refractivity contribution in [2.75, 3.05) is 6.61 Å². The van der Waals surface area contributed by atoms with Gasteiger partial charge < -0.3 is 10.5 Å². The van der Waals surface area contributed by atoms with Gasteiger partial charge in [-0.05, 0) is 30.7 Å². The predicted octanol–water partition coefficient (Wildman–Crippen LogP) is 0.361. The number of nitrogens with two attached hydrogens (primary N) is 1. The summed E-state index contributed by atoms with van der Waals surface area (Å²) in [6.45, 7) is 5.75. The highest BCUT2D eigenvalue weighted by Gasteiger charge is 2.32. The standard InChI is InChI=1S/C10H19N5O2S/c1-5-17-8(16)10(3,11)6-7(2)18-9-12-13-14-15(9)4/h7H,5-6,11H2,1-4H3. The van der Waals surface area contributed by atoms with Crippen LogP contribution >= 0.6 is 11.8 Å². The number of thioether (sulfide) groups is 1. The van der Waals surface area contributed by atoms with Gasteiger partial charge in [-0.15, -0.1) is 5.10 Å². The first-order valence-electron chi connectivity index (χ1n) is 5.72. The van der Waals surface area contributed by atoms with Crippen molar-refractivity contribution in [2.45, 2.75) is 43.1 Å². The third-order valence-electron chi connectivity index (χ3n) is 2.34. The number of nitrogens with zero attached hydrogens (tertiary/aromatic N) is 4. The summed E-state index contributed by atoms with van der Waals surface area (Å²) >= 11 is 1.48. The lowest BCUT2D eigenvalue weighted by molar-refractivity contribution is -0.149. The van der Waals surface area contributed by atoms with Gasteiger partial charge >= 0.3 is 5.97 Å². The molecule has 2 N–H and O–H groups in total. The van der Waals surface area contributed by atoms with E-state index in [0.717, 1.165) is 0 Å². The Labute approximate surface area is 110 Å². The van der Waals surface area contributed by atoms with E-state index in [9.17, 15) is 4.79 Å². The minimum atomic E-state index is -0.992. The molecule has 1 aromatic heterocycles. The topological polar surface area (TPSA) is 95.9 Å². The van der Waals surface area contributed by atoms with Crippen molar-refractivity contribution in [1.29, 1.82) is 0 Å². The van der Waals surface area contributed by atoms with Gasteiger partial charge in [-0.3, -0.25) is 4.79 Å². The molecule has 0 aliphatic heterocycles. The number of hydrogen-bond acceptors (Lipinski definition) is 7. The Morgan fingerprint density at radius 2 is 2.33 bits per heavy atom. The minimum Gasteiger partial charge on any atom is -0.465 e. The Morgan fingerprint density at radius 3 is 2.83 bits per heavy atom. The molecule has 102 valence electrons. The summed E-state index contributed by atoms with van der Waals surface area (Å²) in [6, 6.07) is 0. The highest BCUT2D eigenvalue weighted by molar-refractivity contribution is 7.99. The van der Waals surface area contributed by atoms with E-state index in [4.69, 9.17) is 10.5 Å². The lowest BCUT2D eigenvalue weighted by Gasteiger charge is -2.24. The van der Waals surface area contributed by atoms with Crippen LogP contribution in [0.25, 0.3) is 0 Å². The molecule has 0 aliphatic carbocycles. The van der Waals surface area contributed by atoms with Crippen molar-refractivity contribution < 1.29 is 9.53 Å². The zero-order chi connectivity index (χ0) is 13.8. The summed E-state index contributed by atoms with van der Waals surface area (Å²) in [5.74, 6) is -0.381. The van der Waals surface area contributed by atoms with Crippen LogP contribution < -0.4 is 5.73 Å². The van der Waals surface area contributed by atoms with Gasteiger partial charge in [0.05, 0.1) is 6.61 Å². The van der Waals surface area contributed by atoms with Crippen LogP contribution in [0, 0.1) is 0 Å². The third kappa shape index (κ3) is 3.95. The smallest absolute Gasteiger partial charge is 0.325 e. The molecule has 0 spiro atoms. The minimum absolute atomic E-state index is 0.106. The fraction of sp³-hybridized carbons (Fsp3) is 0.800. The number of carbonyl (C=O) groups is 1. The zero-order valence-electron chi connectivity index (χ0n) is 11.1. The fourth-order valence-electron chi connectivity index (χ4n) is 1.52. The van der Waals surface area contributed by atoms with Gasteiger partial charge in [0, 0.05) is 12.3 Å². The second-order valence-corrected chi connectivity index (χ2v) is 5.76. The molecular weight excluding hydrogens is 254 g/mol. The van der Waals surface area contributed by atoms with Crippen molar-refractivity contribution in [3.05, 3.63) is 0 Å². The molecule has 1 rings (SSSR count). The molecule has 0 saturated heterocycles. The predicted molar refractivity (Wildman–Crippen MR) is 68.0 cm³/mol. The van der Waals surface area contributed by atoms with Crippen molar-refractivity contribution in [2.24, 2.45) is 12.8 Å². The Kier molecular flexibility index (Phi) is 5.09. The molecule has 0 saturated carbocycles. The van der Waals surface area contributed by atoms with Crippen LogP contribution in [0.4, 0.5) is 0 Å². The molecule has 8 heteroatoms. The number of rotatable bonds is 6. The molecule has 0 radical (unpaired) electrons. The van der Waals surface area contributed by atoms with Crippen LogP contribution in [0.2, 0.25) is 0 Å². The van der Waals surface area contributed by atoms with Gasteiger partial charge in [-0.1, -0.05) is 18.7 Å². The van der Waals surface area contributed by atoms with Crippen molar-refractivity contribution >= 4 is 17.7 Å². The Hall–Kier alpha value is -1.15. The van der Waals surface area contributed by atoms with Crippen LogP contribution in [0.15, 0.2) is 5.16 Å². The highest BCUT2D eigenvalue weighted by Crippen LogP contribution is 2.26. The first-order valence-corrected chi connectivity index (χ1v) is 6.60. The number of tetrazole rings is 1. The lowest BCUT2D eigenvalue weighted by Crippen LogP contribution is -2.47. The van der Waals surface area contributed by atoms with Crippen molar-refractivity contribution in [3.8, 4) is 0 Å². The summed E-state index contributed by atoms with van der Waals surface area (Å²) < 4.78 is 6.53. The van der Waals surface area contributed by atoms with Gasteiger partial charge in [0.2, 0.25) is 5.16 Å². The number of carbonyl (C=O) groups excluding carboxylic acids is 1. The Bertz CT molecular complexity index is 407. The van der Waals surface area contributed by atoms with Crippen LogP contribution in [0.1, 0.15) is 27.2 Å². The van der Waals surface area contributed by atoms with Crippen LogP contribution in [-0.4, -0.2) is 43.6 Å². The number of hydrogen-bond donors (Lipinski definition) is 1. The SMILES string of the molecule is CCOC(=O)C(C)(N)CC(C)Sc1nnnn1C. The average Bonchev–Trinajstić information content (AvgIpc) is 2.63. The van der Waals surface area contributed by atoms with Crippen molar-refractivity contribution in [3.63, 3.8) is 0 Å². The van der Waals surface area contributed by atoms with E-state index >= 15 is 0 Å². The van der Waals surface area contributed by atoms with Gasteiger partial charge in [-0.2, -0.15) is 0 Å². The zero-order valence-corrected chi connectivity index (χ0v) is 11.9. The third-order valence-corrected chi connectivity index (χ3v) is 3.47. The Morgan fingerprint density at radius 1 is 1.67 bits per heavy atom. The molecule has 0 aliphatic rings. The number of ether oxygens (including phenoxy) is 1. The highest BCUT2D eigenvalue weighted by atomic mass is 32.2. The van der Waals surface area contributed by atoms with E-state index in [2.05, 4.69) is 15.5 Å². The van der Waals surface area contributed by atoms with E-state index in [1.165, 1.54) is 11.8 Å². The summed E-state index contributed by atoms with van der Waals surface area (Å²) in [5, 5.41) is 12.0.